The molecule has 0 fully saturated rings. The van der Waals surface area contributed by atoms with Crippen molar-refractivity contribution in [1.82, 2.24) is 0 Å². The Morgan fingerprint density at radius 2 is 1.76 bits per heavy atom. The van der Waals surface area contributed by atoms with E-state index in [-0.39, 0.29) is 0 Å². The monoisotopic (exact) mass is 266 g/mol. The highest BCUT2D eigenvalue weighted by Gasteiger charge is 2.59. The lowest BCUT2D eigenvalue weighted by atomic mass is 10.1. The first kappa shape index (κ1) is 13.9. The van der Waals surface area contributed by atoms with Gasteiger partial charge < -0.3 is 10.2 Å². The van der Waals surface area contributed by atoms with Crippen LogP contribution < -0.4 is 0 Å². The number of carboxylic acids is 1. The quantitative estimate of drug-likeness (QED) is 0.820. The molecule has 1 aromatic carbocycles. The average molecular weight is 266 g/mol. The summed E-state index contributed by atoms with van der Waals surface area (Å²) in [6.07, 6.45) is -5.21. The molecule has 94 valence electrons. The number of aliphatic carboxylic acids is 1. The van der Waals surface area contributed by atoms with Gasteiger partial charge in [0.05, 0.1) is 0 Å². The molecule has 1 unspecified atom stereocenters. The highest BCUT2D eigenvalue weighted by molar-refractivity contribution is 7.99. The maximum absolute atomic E-state index is 12.4. The van der Waals surface area contributed by atoms with Gasteiger partial charge in [-0.2, -0.15) is 13.2 Å². The maximum Gasteiger partial charge on any atom is 0.429 e. The molecule has 0 amide bonds. The number of hydrogen-bond acceptors (Lipinski definition) is 3. The van der Waals surface area contributed by atoms with Gasteiger partial charge in [-0.05, 0) is 12.1 Å². The predicted molar refractivity (Wildman–Crippen MR) is 55.8 cm³/mol. The molecule has 0 aliphatic carbocycles. The third kappa shape index (κ3) is 3.13. The third-order valence-corrected chi connectivity index (χ3v) is 3.18. The summed E-state index contributed by atoms with van der Waals surface area (Å²) >= 11 is 0.632. The van der Waals surface area contributed by atoms with Crippen LogP contribution in [-0.4, -0.2) is 33.7 Å². The van der Waals surface area contributed by atoms with Gasteiger partial charge in [-0.3, -0.25) is 0 Å². The zero-order valence-corrected chi connectivity index (χ0v) is 9.26. The molecule has 0 aliphatic rings. The molecule has 2 N–H and O–H groups in total. The first-order valence-corrected chi connectivity index (χ1v) is 5.46. The van der Waals surface area contributed by atoms with E-state index >= 15 is 0 Å². The molecule has 1 aromatic rings. The van der Waals surface area contributed by atoms with Crippen LogP contribution in [0.1, 0.15) is 0 Å². The molecule has 1 atom stereocenters. The number of hydrogen-bond donors (Lipinski definition) is 2. The minimum absolute atomic E-state index is 0.455. The van der Waals surface area contributed by atoms with E-state index in [1.165, 1.54) is 12.1 Å². The number of carboxylic acid groups (broad SMARTS) is 1. The van der Waals surface area contributed by atoms with Crippen molar-refractivity contribution >= 4 is 17.7 Å². The van der Waals surface area contributed by atoms with Crippen molar-refractivity contribution in [3.63, 3.8) is 0 Å². The number of rotatable bonds is 4. The topological polar surface area (TPSA) is 57.5 Å². The molecule has 0 aliphatic heterocycles. The van der Waals surface area contributed by atoms with Crippen molar-refractivity contribution in [3.8, 4) is 0 Å². The van der Waals surface area contributed by atoms with Crippen molar-refractivity contribution in [3.05, 3.63) is 30.3 Å². The molecular weight excluding hydrogens is 257 g/mol. The molecule has 3 nitrogen and oxygen atoms in total. The van der Waals surface area contributed by atoms with Gasteiger partial charge in [0.15, 0.2) is 0 Å². The molecule has 1 rings (SSSR count). The second kappa shape index (κ2) is 4.97. The van der Waals surface area contributed by atoms with Crippen LogP contribution in [0, 0.1) is 0 Å². The van der Waals surface area contributed by atoms with Crippen LogP contribution in [-0.2, 0) is 4.79 Å². The number of halogens is 3. The largest absolute Gasteiger partial charge is 0.479 e. The molecule has 0 radical (unpaired) electrons. The molecule has 0 saturated heterocycles. The molecule has 0 spiro atoms. The van der Waals surface area contributed by atoms with Crippen LogP contribution in [0.15, 0.2) is 35.2 Å². The van der Waals surface area contributed by atoms with Crippen molar-refractivity contribution in [2.45, 2.75) is 16.7 Å². The minimum atomic E-state index is -5.21. The fourth-order valence-electron chi connectivity index (χ4n) is 0.969. The second-order valence-electron chi connectivity index (χ2n) is 3.26. The minimum Gasteiger partial charge on any atom is -0.479 e. The predicted octanol–water partition coefficient (Wildman–Crippen LogP) is 2.16. The summed E-state index contributed by atoms with van der Waals surface area (Å²) in [7, 11) is 0. The fraction of sp³-hybridized carbons (Fsp3) is 0.300. The van der Waals surface area contributed by atoms with Crippen LogP contribution in [0.4, 0.5) is 13.2 Å². The Labute approximate surface area is 99.3 Å². The van der Waals surface area contributed by atoms with Crippen LogP contribution in [0.3, 0.4) is 0 Å². The zero-order valence-electron chi connectivity index (χ0n) is 8.44. The number of thioether (sulfide) groups is 1. The lowest BCUT2D eigenvalue weighted by molar-refractivity contribution is -0.251. The maximum atomic E-state index is 12.4. The van der Waals surface area contributed by atoms with Gasteiger partial charge in [0.1, 0.15) is 0 Å². The highest BCUT2D eigenvalue weighted by atomic mass is 32.2. The SMILES string of the molecule is O=C(O)C(O)(CSc1ccccc1)C(F)(F)F. The molecule has 0 aromatic heterocycles. The Kier molecular flexibility index (Phi) is 4.05. The Morgan fingerprint density at radius 3 is 2.18 bits per heavy atom. The Balaban J connectivity index is 2.80. The lowest BCUT2D eigenvalue weighted by Gasteiger charge is -2.25. The van der Waals surface area contributed by atoms with Crippen molar-refractivity contribution in [2.75, 3.05) is 5.75 Å². The van der Waals surface area contributed by atoms with Gasteiger partial charge in [0.25, 0.3) is 5.60 Å². The molecule has 7 heteroatoms. The Hall–Kier alpha value is -1.21. The van der Waals surface area contributed by atoms with Gasteiger partial charge >= 0.3 is 12.1 Å². The Bertz CT molecular complexity index is 394. The Morgan fingerprint density at radius 1 is 1.24 bits per heavy atom. The first-order valence-electron chi connectivity index (χ1n) is 4.48. The molecule has 0 heterocycles. The van der Waals surface area contributed by atoms with E-state index in [0.717, 1.165) is 0 Å². The second-order valence-corrected chi connectivity index (χ2v) is 4.31. The summed E-state index contributed by atoms with van der Waals surface area (Å²) in [4.78, 5) is 11.0. The molecular formula is C10H9F3O3S. The van der Waals surface area contributed by atoms with E-state index in [1.807, 2.05) is 0 Å². The molecule has 17 heavy (non-hydrogen) atoms. The van der Waals surface area contributed by atoms with Crippen LogP contribution in [0.2, 0.25) is 0 Å². The standard InChI is InChI=1S/C10H9F3O3S/c11-10(12,13)9(16,8(14)15)6-17-7-4-2-1-3-5-7/h1-5,16H,6H2,(H,14,15). The third-order valence-electron chi connectivity index (χ3n) is 2.01. The van der Waals surface area contributed by atoms with E-state index in [0.29, 0.717) is 16.7 Å². The van der Waals surface area contributed by atoms with Crippen LogP contribution >= 0.6 is 11.8 Å². The number of alkyl halides is 3. The normalized spacial score (nSPS) is 15.3. The van der Waals surface area contributed by atoms with Crippen molar-refractivity contribution < 1.29 is 28.2 Å². The summed E-state index contributed by atoms with van der Waals surface area (Å²) in [5.41, 5.74) is -3.73. The van der Waals surface area contributed by atoms with E-state index < -0.39 is 23.5 Å². The van der Waals surface area contributed by atoms with Crippen molar-refractivity contribution in [1.29, 1.82) is 0 Å². The number of carbonyl (C=O) groups is 1. The first-order chi connectivity index (χ1) is 7.77. The van der Waals surface area contributed by atoms with Gasteiger partial charge in [-0.25, -0.2) is 4.79 Å². The summed E-state index contributed by atoms with van der Waals surface area (Å²) in [6, 6.07) is 7.95. The zero-order chi connectivity index (χ0) is 13.1. The van der Waals surface area contributed by atoms with E-state index in [4.69, 9.17) is 10.2 Å². The fourth-order valence-corrected chi connectivity index (χ4v) is 1.98. The number of aliphatic hydroxyl groups is 1. The molecule has 0 bridgehead atoms. The van der Waals surface area contributed by atoms with Crippen molar-refractivity contribution in [2.24, 2.45) is 0 Å². The van der Waals surface area contributed by atoms with E-state index in [9.17, 15) is 18.0 Å². The summed E-state index contributed by atoms with van der Waals surface area (Å²) in [5.74, 6) is -3.29. The average Bonchev–Trinajstić information content (AvgIpc) is 2.25. The lowest BCUT2D eigenvalue weighted by Crippen LogP contribution is -2.54. The van der Waals surface area contributed by atoms with E-state index in [1.54, 1.807) is 18.2 Å². The summed E-state index contributed by atoms with van der Waals surface area (Å²) < 4.78 is 37.2. The van der Waals surface area contributed by atoms with Crippen LogP contribution in [0.25, 0.3) is 0 Å². The van der Waals surface area contributed by atoms with Crippen LogP contribution in [0.5, 0.6) is 0 Å². The van der Waals surface area contributed by atoms with E-state index in [2.05, 4.69) is 0 Å². The summed E-state index contributed by atoms with van der Waals surface area (Å²) in [6.45, 7) is 0. The smallest absolute Gasteiger partial charge is 0.429 e. The summed E-state index contributed by atoms with van der Waals surface area (Å²) in [5, 5.41) is 17.6. The highest BCUT2D eigenvalue weighted by Crippen LogP contribution is 2.35. The van der Waals surface area contributed by atoms with Gasteiger partial charge in [-0.15, -0.1) is 11.8 Å². The van der Waals surface area contributed by atoms with Gasteiger partial charge in [0.2, 0.25) is 0 Å². The number of benzene rings is 1. The van der Waals surface area contributed by atoms with Gasteiger partial charge in [-0.1, -0.05) is 18.2 Å². The van der Waals surface area contributed by atoms with Gasteiger partial charge in [0, 0.05) is 10.6 Å². The molecule has 0 saturated carbocycles.